The number of carbonyl (C=O) groups is 1. The van der Waals surface area contributed by atoms with Gasteiger partial charge < -0.3 is 5.11 Å². The largest absolute Gasteiger partial charge is 0.478 e. The lowest BCUT2D eigenvalue weighted by molar-refractivity contribution is -0.127. The molecule has 0 aliphatic heterocycles. The molecule has 1 aromatic rings. The van der Waals surface area contributed by atoms with Gasteiger partial charge in [0.25, 0.3) is 0 Å². The van der Waals surface area contributed by atoms with Gasteiger partial charge >= 0.3 is 12.1 Å². The van der Waals surface area contributed by atoms with Gasteiger partial charge in [0.15, 0.2) is 0 Å². The van der Waals surface area contributed by atoms with Gasteiger partial charge in [0.2, 0.25) is 0 Å². The molecular formula is C10H6F3NO2. The lowest BCUT2D eigenvalue weighted by Gasteiger charge is -2.08. The van der Waals surface area contributed by atoms with E-state index in [1.54, 1.807) is 6.07 Å². The average Bonchev–Trinajstić information content (AvgIpc) is 2.15. The third-order valence-corrected chi connectivity index (χ3v) is 1.87. The maximum absolute atomic E-state index is 12.1. The summed E-state index contributed by atoms with van der Waals surface area (Å²) in [7, 11) is 0. The number of rotatable bonds is 2. The first-order chi connectivity index (χ1) is 7.33. The predicted molar refractivity (Wildman–Crippen MR) is 47.9 cm³/mol. The molecule has 0 saturated carbocycles. The van der Waals surface area contributed by atoms with Crippen molar-refractivity contribution in [2.45, 2.75) is 12.6 Å². The fourth-order valence-corrected chi connectivity index (χ4v) is 1.18. The third kappa shape index (κ3) is 2.98. The zero-order valence-electron chi connectivity index (χ0n) is 7.88. The summed E-state index contributed by atoms with van der Waals surface area (Å²) in [5.74, 6) is -1.28. The summed E-state index contributed by atoms with van der Waals surface area (Å²) in [6.07, 6.45) is -5.66. The van der Waals surface area contributed by atoms with Crippen molar-refractivity contribution >= 4 is 5.97 Å². The fraction of sp³-hybridized carbons (Fsp3) is 0.200. The van der Waals surface area contributed by atoms with Crippen molar-refractivity contribution in [3.8, 4) is 6.07 Å². The predicted octanol–water partition coefficient (Wildman–Crippen LogP) is 2.36. The Morgan fingerprint density at radius 1 is 1.44 bits per heavy atom. The summed E-state index contributed by atoms with van der Waals surface area (Å²) >= 11 is 0. The molecule has 0 aliphatic carbocycles. The number of aromatic carboxylic acids is 1. The van der Waals surface area contributed by atoms with Crippen molar-refractivity contribution < 1.29 is 23.1 Å². The Labute approximate surface area is 88.7 Å². The first-order valence-electron chi connectivity index (χ1n) is 4.16. The SMILES string of the molecule is N#Cc1cc(C(=O)O)ccc1CC(F)(F)F. The van der Waals surface area contributed by atoms with Gasteiger partial charge in [-0.25, -0.2) is 4.79 Å². The zero-order chi connectivity index (χ0) is 12.3. The molecule has 3 nitrogen and oxygen atoms in total. The highest BCUT2D eigenvalue weighted by atomic mass is 19.4. The highest BCUT2D eigenvalue weighted by Crippen LogP contribution is 2.23. The summed E-state index contributed by atoms with van der Waals surface area (Å²) in [6.45, 7) is 0. The molecule has 0 bridgehead atoms. The van der Waals surface area contributed by atoms with Crippen molar-refractivity contribution in [3.63, 3.8) is 0 Å². The number of hydrogen-bond acceptors (Lipinski definition) is 2. The number of hydrogen-bond donors (Lipinski definition) is 1. The van der Waals surface area contributed by atoms with Crippen LogP contribution in [0.25, 0.3) is 0 Å². The highest BCUT2D eigenvalue weighted by Gasteiger charge is 2.29. The van der Waals surface area contributed by atoms with E-state index >= 15 is 0 Å². The zero-order valence-corrected chi connectivity index (χ0v) is 7.88. The highest BCUT2D eigenvalue weighted by molar-refractivity contribution is 5.88. The Balaban J connectivity index is 3.14. The molecule has 0 fully saturated rings. The fourth-order valence-electron chi connectivity index (χ4n) is 1.18. The van der Waals surface area contributed by atoms with Crippen LogP contribution < -0.4 is 0 Å². The van der Waals surface area contributed by atoms with E-state index in [9.17, 15) is 18.0 Å². The summed E-state index contributed by atoms with van der Waals surface area (Å²) < 4.78 is 36.3. The number of alkyl halides is 3. The van der Waals surface area contributed by atoms with E-state index in [1.807, 2.05) is 0 Å². The molecule has 0 aliphatic rings. The van der Waals surface area contributed by atoms with Crippen LogP contribution in [0, 0.1) is 11.3 Å². The average molecular weight is 229 g/mol. The van der Waals surface area contributed by atoms with Crippen LogP contribution >= 0.6 is 0 Å². The molecule has 0 radical (unpaired) electrons. The molecule has 1 aromatic carbocycles. The monoisotopic (exact) mass is 229 g/mol. The lowest BCUT2D eigenvalue weighted by atomic mass is 10.0. The van der Waals surface area contributed by atoms with E-state index in [2.05, 4.69) is 0 Å². The van der Waals surface area contributed by atoms with E-state index in [0.717, 1.165) is 18.2 Å². The van der Waals surface area contributed by atoms with E-state index in [4.69, 9.17) is 10.4 Å². The van der Waals surface area contributed by atoms with Crippen molar-refractivity contribution in [1.29, 1.82) is 5.26 Å². The Morgan fingerprint density at radius 2 is 2.06 bits per heavy atom. The summed E-state index contributed by atoms with van der Waals surface area (Å²) in [5.41, 5.74) is -0.695. The molecule has 1 N–H and O–H groups in total. The van der Waals surface area contributed by atoms with Crippen LogP contribution in [0.2, 0.25) is 0 Å². The third-order valence-electron chi connectivity index (χ3n) is 1.87. The van der Waals surface area contributed by atoms with Gasteiger partial charge in [-0.3, -0.25) is 0 Å². The molecule has 0 heterocycles. The van der Waals surface area contributed by atoms with Crippen LogP contribution in [0.3, 0.4) is 0 Å². The standard InChI is InChI=1S/C10H6F3NO2/c11-10(12,13)4-7-2-1-6(9(15)16)3-8(7)5-14/h1-3H,4H2,(H,15,16). The number of halogens is 3. The van der Waals surface area contributed by atoms with E-state index in [-0.39, 0.29) is 16.7 Å². The van der Waals surface area contributed by atoms with E-state index in [1.165, 1.54) is 0 Å². The second-order valence-corrected chi connectivity index (χ2v) is 3.08. The lowest BCUT2D eigenvalue weighted by Crippen LogP contribution is -2.13. The Hall–Kier alpha value is -2.03. The second kappa shape index (κ2) is 4.23. The summed E-state index contributed by atoms with van der Waals surface area (Å²) in [6, 6.07) is 4.54. The minimum absolute atomic E-state index is 0.206. The van der Waals surface area contributed by atoms with Crippen LogP contribution in [0.4, 0.5) is 13.2 Å². The van der Waals surface area contributed by atoms with Gasteiger partial charge in [0.1, 0.15) is 0 Å². The second-order valence-electron chi connectivity index (χ2n) is 3.08. The Bertz CT molecular complexity index is 460. The number of carboxylic acid groups (broad SMARTS) is 1. The van der Waals surface area contributed by atoms with Crippen molar-refractivity contribution in [1.82, 2.24) is 0 Å². The molecule has 0 spiro atoms. The van der Waals surface area contributed by atoms with Gasteiger partial charge in [0.05, 0.1) is 23.6 Å². The maximum atomic E-state index is 12.1. The molecule has 0 atom stereocenters. The summed E-state index contributed by atoms with van der Waals surface area (Å²) in [4.78, 5) is 10.5. The van der Waals surface area contributed by atoms with Crippen LogP contribution in [0.5, 0.6) is 0 Å². The van der Waals surface area contributed by atoms with Crippen molar-refractivity contribution in [2.24, 2.45) is 0 Å². The van der Waals surface area contributed by atoms with Gasteiger partial charge in [-0.2, -0.15) is 18.4 Å². The van der Waals surface area contributed by atoms with Crippen LogP contribution in [0.15, 0.2) is 18.2 Å². The molecule has 0 amide bonds. The number of benzene rings is 1. The van der Waals surface area contributed by atoms with Gasteiger partial charge in [-0.1, -0.05) is 6.07 Å². The maximum Gasteiger partial charge on any atom is 0.393 e. The van der Waals surface area contributed by atoms with E-state index < -0.39 is 18.6 Å². The number of nitrogens with zero attached hydrogens (tertiary/aromatic N) is 1. The van der Waals surface area contributed by atoms with E-state index in [0.29, 0.717) is 0 Å². The van der Waals surface area contributed by atoms with Crippen LogP contribution in [0.1, 0.15) is 21.5 Å². The topological polar surface area (TPSA) is 61.1 Å². The molecule has 84 valence electrons. The molecule has 6 heteroatoms. The minimum atomic E-state index is -4.42. The smallest absolute Gasteiger partial charge is 0.393 e. The minimum Gasteiger partial charge on any atom is -0.478 e. The molecule has 0 unspecified atom stereocenters. The van der Waals surface area contributed by atoms with Gasteiger partial charge in [-0.05, 0) is 17.7 Å². The van der Waals surface area contributed by atoms with Crippen LogP contribution in [-0.4, -0.2) is 17.3 Å². The number of nitriles is 1. The first-order valence-corrected chi connectivity index (χ1v) is 4.16. The van der Waals surface area contributed by atoms with Crippen molar-refractivity contribution in [3.05, 3.63) is 34.9 Å². The number of carboxylic acids is 1. The quantitative estimate of drug-likeness (QED) is 0.846. The molecule has 16 heavy (non-hydrogen) atoms. The summed E-state index contributed by atoms with van der Waals surface area (Å²) in [5, 5.41) is 17.2. The normalized spacial score (nSPS) is 10.9. The van der Waals surface area contributed by atoms with Gasteiger partial charge in [0, 0.05) is 0 Å². The molecule has 0 aromatic heterocycles. The molecular weight excluding hydrogens is 223 g/mol. The first kappa shape index (κ1) is 12.0. The van der Waals surface area contributed by atoms with Crippen molar-refractivity contribution in [2.75, 3.05) is 0 Å². The van der Waals surface area contributed by atoms with Crippen LogP contribution in [-0.2, 0) is 6.42 Å². The van der Waals surface area contributed by atoms with Gasteiger partial charge in [-0.15, -0.1) is 0 Å². The Morgan fingerprint density at radius 3 is 2.50 bits per heavy atom. The molecule has 1 rings (SSSR count). The molecule has 0 saturated heterocycles. The Kier molecular flexibility index (Phi) is 3.18.